The lowest BCUT2D eigenvalue weighted by molar-refractivity contribution is -0.114. The number of hydrogen-bond donors (Lipinski definition) is 2. The van der Waals surface area contributed by atoms with Crippen molar-refractivity contribution in [3.8, 4) is 11.6 Å². The van der Waals surface area contributed by atoms with Gasteiger partial charge in [-0.15, -0.1) is 0 Å². The fourth-order valence-corrected chi connectivity index (χ4v) is 4.09. The first-order valence-electron chi connectivity index (χ1n) is 10.3. The molecule has 1 aromatic heterocycles. The molecule has 9 heteroatoms. The molecular formula is C25H17ClN4O4. The first-order valence-corrected chi connectivity index (χ1v) is 10.7. The third-order valence-electron chi connectivity index (χ3n) is 5.53. The Kier molecular flexibility index (Phi) is 5.14. The predicted molar refractivity (Wildman–Crippen MR) is 132 cm³/mol. The van der Waals surface area contributed by atoms with Crippen LogP contribution in [-0.4, -0.2) is 26.3 Å². The van der Waals surface area contributed by atoms with Crippen molar-refractivity contribution in [2.75, 3.05) is 5.01 Å². The van der Waals surface area contributed by atoms with E-state index in [0.29, 0.717) is 16.4 Å². The molecular weight excluding hydrogens is 456 g/mol. The first kappa shape index (κ1) is 21.4. The van der Waals surface area contributed by atoms with Crippen LogP contribution >= 0.6 is 11.6 Å². The van der Waals surface area contributed by atoms with Crippen LogP contribution in [0.3, 0.4) is 0 Å². The number of aromatic hydroxyl groups is 1. The van der Waals surface area contributed by atoms with E-state index in [1.165, 1.54) is 17.2 Å². The van der Waals surface area contributed by atoms with E-state index >= 15 is 0 Å². The summed E-state index contributed by atoms with van der Waals surface area (Å²) in [7, 11) is 0. The minimum atomic E-state index is -0.840. The summed E-state index contributed by atoms with van der Waals surface area (Å²) in [6.45, 7) is 1.63. The smallest absolute Gasteiger partial charge is 0.335 e. The van der Waals surface area contributed by atoms with Crippen molar-refractivity contribution < 1.29 is 9.90 Å². The van der Waals surface area contributed by atoms with Gasteiger partial charge in [-0.3, -0.25) is 14.6 Å². The van der Waals surface area contributed by atoms with Crippen molar-refractivity contribution in [2.24, 2.45) is 5.10 Å². The second kappa shape index (κ2) is 8.17. The molecule has 0 saturated carbocycles. The summed E-state index contributed by atoms with van der Waals surface area (Å²) in [6, 6.07) is 19.4. The highest BCUT2D eigenvalue weighted by atomic mass is 35.5. The van der Waals surface area contributed by atoms with Gasteiger partial charge in [0.05, 0.1) is 22.7 Å². The van der Waals surface area contributed by atoms with Crippen molar-refractivity contribution >= 4 is 45.8 Å². The molecule has 168 valence electrons. The van der Waals surface area contributed by atoms with Gasteiger partial charge in [0.25, 0.3) is 11.5 Å². The number of carbonyl (C=O) groups excluding carboxylic acids is 1. The van der Waals surface area contributed by atoms with E-state index in [1.807, 2.05) is 36.4 Å². The average molecular weight is 473 g/mol. The number of anilines is 1. The molecule has 1 aliphatic rings. The molecule has 0 bridgehead atoms. The quantitative estimate of drug-likeness (QED) is 0.441. The number of halogens is 1. The molecule has 2 heterocycles. The van der Waals surface area contributed by atoms with Crippen LogP contribution < -0.4 is 16.3 Å². The predicted octanol–water partition coefficient (Wildman–Crippen LogP) is 3.84. The van der Waals surface area contributed by atoms with Crippen molar-refractivity contribution in [3.05, 3.63) is 104 Å². The summed E-state index contributed by atoms with van der Waals surface area (Å²) >= 11 is 6.02. The highest BCUT2D eigenvalue weighted by molar-refractivity contribution is 6.33. The van der Waals surface area contributed by atoms with Crippen LogP contribution in [0.4, 0.5) is 5.69 Å². The number of carbonyl (C=O) groups is 1. The third kappa shape index (κ3) is 3.50. The zero-order valence-electron chi connectivity index (χ0n) is 17.8. The summed E-state index contributed by atoms with van der Waals surface area (Å²) in [5.41, 5.74) is -0.608. The fraction of sp³-hybridized carbons (Fsp3) is 0.0400. The lowest BCUT2D eigenvalue weighted by Crippen LogP contribution is -2.30. The molecule has 1 amide bonds. The summed E-state index contributed by atoms with van der Waals surface area (Å²) in [5, 5.41) is 18.6. The molecule has 0 saturated heterocycles. The van der Waals surface area contributed by atoms with Crippen molar-refractivity contribution in [2.45, 2.75) is 6.92 Å². The number of nitrogens with zero attached hydrogens (tertiary/aromatic N) is 3. The lowest BCUT2D eigenvalue weighted by Gasteiger charge is -2.14. The Bertz CT molecular complexity index is 1660. The molecule has 0 radical (unpaired) electrons. The molecule has 4 aromatic rings. The Morgan fingerprint density at radius 2 is 1.74 bits per heavy atom. The van der Waals surface area contributed by atoms with Gasteiger partial charge in [0.15, 0.2) is 0 Å². The van der Waals surface area contributed by atoms with Crippen LogP contribution in [0.15, 0.2) is 87.0 Å². The summed E-state index contributed by atoms with van der Waals surface area (Å²) in [4.78, 5) is 40.5. The maximum Gasteiger partial charge on any atom is 0.335 e. The van der Waals surface area contributed by atoms with Gasteiger partial charge in [-0.05, 0) is 42.7 Å². The van der Waals surface area contributed by atoms with E-state index in [4.69, 9.17) is 11.6 Å². The van der Waals surface area contributed by atoms with Crippen molar-refractivity contribution in [3.63, 3.8) is 0 Å². The lowest BCUT2D eigenvalue weighted by atomic mass is 10.1. The Balaban J connectivity index is 1.63. The van der Waals surface area contributed by atoms with Crippen LogP contribution in [0.1, 0.15) is 12.5 Å². The van der Waals surface area contributed by atoms with E-state index in [-0.39, 0.29) is 16.8 Å². The number of amides is 1. The van der Waals surface area contributed by atoms with E-state index in [1.54, 1.807) is 31.2 Å². The number of fused-ring (bicyclic) bond motifs is 1. The fourth-order valence-electron chi connectivity index (χ4n) is 3.91. The number of H-pyrrole nitrogens is 1. The molecule has 0 unspecified atom stereocenters. The Hall–Kier alpha value is -4.43. The number of nitrogens with one attached hydrogen (secondary N) is 1. The van der Waals surface area contributed by atoms with E-state index in [9.17, 15) is 19.5 Å². The summed E-state index contributed by atoms with van der Waals surface area (Å²) in [6.07, 6.45) is 1.24. The van der Waals surface area contributed by atoms with Crippen LogP contribution in [0, 0.1) is 0 Å². The van der Waals surface area contributed by atoms with Crippen LogP contribution in [0.25, 0.3) is 22.5 Å². The minimum Gasteiger partial charge on any atom is -0.494 e. The molecule has 0 aliphatic carbocycles. The number of aromatic amines is 1. The summed E-state index contributed by atoms with van der Waals surface area (Å²) < 4.78 is 0.911. The van der Waals surface area contributed by atoms with Gasteiger partial charge in [-0.25, -0.2) is 9.36 Å². The molecule has 34 heavy (non-hydrogen) atoms. The van der Waals surface area contributed by atoms with Gasteiger partial charge < -0.3 is 5.11 Å². The van der Waals surface area contributed by atoms with Gasteiger partial charge in [0.1, 0.15) is 5.56 Å². The minimum absolute atomic E-state index is 0.116. The topological polar surface area (TPSA) is 108 Å². The van der Waals surface area contributed by atoms with Crippen LogP contribution in [0.2, 0.25) is 5.02 Å². The maximum atomic E-state index is 13.3. The zero-order valence-corrected chi connectivity index (χ0v) is 18.6. The van der Waals surface area contributed by atoms with Crippen molar-refractivity contribution in [1.82, 2.24) is 9.55 Å². The van der Waals surface area contributed by atoms with Gasteiger partial charge in [0.2, 0.25) is 5.88 Å². The van der Waals surface area contributed by atoms with Crippen molar-refractivity contribution in [1.29, 1.82) is 0 Å². The van der Waals surface area contributed by atoms with E-state index in [2.05, 4.69) is 10.1 Å². The van der Waals surface area contributed by atoms with Crippen LogP contribution in [-0.2, 0) is 4.79 Å². The molecule has 3 aromatic carbocycles. The molecule has 8 nitrogen and oxygen atoms in total. The molecule has 0 fully saturated rings. The number of rotatable bonds is 3. The maximum absolute atomic E-state index is 13.3. The molecule has 0 atom stereocenters. The Morgan fingerprint density at radius 1 is 1.00 bits per heavy atom. The number of hydrogen-bond acceptors (Lipinski definition) is 5. The molecule has 5 rings (SSSR count). The summed E-state index contributed by atoms with van der Waals surface area (Å²) in [5.74, 6) is -1.08. The second-order valence-corrected chi connectivity index (χ2v) is 8.11. The number of hydrazone groups is 1. The number of aromatic nitrogens is 2. The van der Waals surface area contributed by atoms with Gasteiger partial charge in [-0.1, -0.05) is 54.1 Å². The number of benzene rings is 3. The largest absolute Gasteiger partial charge is 0.494 e. The molecule has 1 aliphatic heterocycles. The monoisotopic (exact) mass is 472 g/mol. The van der Waals surface area contributed by atoms with Gasteiger partial charge in [0, 0.05) is 10.4 Å². The first-order chi connectivity index (χ1) is 16.3. The van der Waals surface area contributed by atoms with E-state index < -0.39 is 23.0 Å². The molecule has 2 N–H and O–H groups in total. The zero-order chi connectivity index (χ0) is 24.0. The van der Waals surface area contributed by atoms with Gasteiger partial charge in [-0.2, -0.15) is 10.1 Å². The van der Waals surface area contributed by atoms with Crippen LogP contribution in [0.5, 0.6) is 5.88 Å². The third-order valence-corrected chi connectivity index (χ3v) is 5.77. The highest BCUT2D eigenvalue weighted by Crippen LogP contribution is 2.32. The Morgan fingerprint density at radius 3 is 2.53 bits per heavy atom. The van der Waals surface area contributed by atoms with Gasteiger partial charge >= 0.3 is 5.69 Å². The van der Waals surface area contributed by atoms with E-state index in [0.717, 1.165) is 15.3 Å². The SMILES string of the molecule is CC1=NN(c2cccc3ccccc23)C(=O)C1=Cc1c(O)n(-c2cccc(Cl)c2)c(=O)[nH]c1=O. The highest BCUT2D eigenvalue weighted by Gasteiger charge is 2.30. The average Bonchev–Trinajstić information content (AvgIpc) is 3.09. The standard InChI is InChI=1S/C25H17ClN4O4/c1-14-19(24(33)30(28-14)21-11-4-7-15-6-2-3-10-18(15)21)13-20-22(31)27-25(34)29(23(20)32)17-9-5-8-16(26)12-17/h2-13,32H,1H3,(H,27,31,34). The second-order valence-electron chi connectivity index (χ2n) is 7.67. The Labute approximate surface area is 197 Å². The molecule has 0 spiro atoms. The normalized spacial score (nSPS) is 14.8.